The van der Waals surface area contributed by atoms with E-state index in [0.717, 1.165) is 23.3 Å². The molecule has 0 aliphatic rings. The summed E-state index contributed by atoms with van der Waals surface area (Å²) in [5.74, 6) is -0.903. The minimum Gasteiger partial charge on any atom is -0.324 e. The highest BCUT2D eigenvalue weighted by atomic mass is 19.4. The maximum absolute atomic E-state index is 13.3. The lowest BCUT2D eigenvalue weighted by Crippen LogP contribution is -2.32. The first-order valence-electron chi connectivity index (χ1n) is 9.05. The van der Waals surface area contributed by atoms with Gasteiger partial charge in [-0.3, -0.25) is 4.79 Å². The first kappa shape index (κ1) is 22.2. The molecule has 0 spiro atoms. The van der Waals surface area contributed by atoms with Gasteiger partial charge in [-0.05, 0) is 31.5 Å². The van der Waals surface area contributed by atoms with Crippen LogP contribution in [0.5, 0.6) is 0 Å². The van der Waals surface area contributed by atoms with Gasteiger partial charge in [0.2, 0.25) is 0 Å². The van der Waals surface area contributed by atoms with Crippen molar-refractivity contribution in [3.05, 3.63) is 76.0 Å². The standard InChI is InChI=1S/C23H23F3N2O/c1-14-10-15(2)12-16(11-14)18(13-27)20(22(3,4)5)28-21(29)17-8-6-7-9-19(17)23(24,25)26/h6-12H,1-5H3,(H,28,29)/b20-18+. The lowest BCUT2D eigenvalue weighted by molar-refractivity contribution is -0.137. The number of nitriles is 1. The molecule has 0 saturated heterocycles. The van der Waals surface area contributed by atoms with Crippen LogP contribution < -0.4 is 5.32 Å². The van der Waals surface area contributed by atoms with Gasteiger partial charge < -0.3 is 5.32 Å². The smallest absolute Gasteiger partial charge is 0.324 e. The Morgan fingerprint density at radius 2 is 1.55 bits per heavy atom. The number of nitrogens with one attached hydrogen (secondary N) is 1. The molecule has 0 saturated carbocycles. The monoisotopic (exact) mass is 400 g/mol. The van der Waals surface area contributed by atoms with E-state index in [2.05, 4.69) is 11.4 Å². The summed E-state index contributed by atoms with van der Waals surface area (Å²) in [7, 11) is 0. The number of nitrogens with zero attached hydrogens (tertiary/aromatic N) is 1. The highest BCUT2D eigenvalue weighted by Gasteiger charge is 2.35. The zero-order chi connectivity index (χ0) is 22.0. The summed E-state index contributed by atoms with van der Waals surface area (Å²) >= 11 is 0. The summed E-state index contributed by atoms with van der Waals surface area (Å²) in [4.78, 5) is 12.8. The van der Waals surface area contributed by atoms with Crippen LogP contribution in [-0.4, -0.2) is 5.91 Å². The minimum atomic E-state index is -4.66. The molecular formula is C23H23F3N2O. The molecule has 0 radical (unpaired) electrons. The number of hydrogen-bond acceptors (Lipinski definition) is 2. The fourth-order valence-electron chi connectivity index (χ4n) is 3.12. The molecule has 0 unspecified atom stereocenters. The SMILES string of the molecule is Cc1cc(C)cc(/C(C#N)=C(/NC(=O)c2ccccc2C(F)(F)F)C(C)(C)C)c1. The van der Waals surface area contributed by atoms with Gasteiger partial charge in [0.05, 0.1) is 16.7 Å². The van der Waals surface area contributed by atoms with Crippen LogP contribution in [0.15, 0.2) is 48.2 Å². The molecule has 2 aromatic carbocycles. The van der Waals surface area contributed by atoms with Gasteiger partial charge in [-0.25, -0.2) is 0 Å². The van der Waals surface area contributed by atoms with Crippen LogP contribution >= 0.6 is 0 Å². The normalized spacial score (nSPS) is 12.8. The number of hydrogen-bond donors (Lipinski definition) is 1. The molecule has 1 N–H and O–H groups in total. The lowest BCUT2D eigenvalue weighted by Gasteiger charge is -2.26. The quantitative estimate of drug-likeness (QED) is 0.639. The number of alkyl halides is 3. The van der Waals surface area contributed by atoms with Crippen LogP contribution in [-0.2, 0) is 6.18 Å². The van der Waals surface area contributed by atoms with E-state index >= 15 is 0 Å². The van der Waals surface area contributed by atoms with Crippen molar-refractivity contribution in [2.45, 2.75) is 40.8 Å². The molecule has 0 heterocycles. The molecule has 152 valence electrons. The van der Waals surface area contributed by atoms with Crippen molar-refractivity contribution in [2.24, 2.45) is 5.41 Å². The molecule has 0 fully saturated rings. The molecule has 0 aliphatic carbocycles. The Morgan fingerprint density at radius 3 is 2.03 bits per heavy atom. The Kier molecular flexibility index (Phi) is 6.22. The average Bonchev–Trinajstić information content (AvgIpc) is 2.59. The van der Waals surface area contributed by atoms with Crippen LogP contribution in [0, 0.1) is 30.6 Å². The van der Waals surface area contributed by atoms with Crippen molar-refractivity contribution in [1.82, 2.24) is 5.32 Å². The number of benzene rings is 2. The zero-order valence-corrected chi connectivity index (χ0v) is 17.0. The van der Waals surface area contributed by atoms with Gasteiger partial charge in [-0.1, -0.05) is 62.2 Å². The molecule has 0 bridgehead atoms. The van der Waals surface area contributed by atoms with Gasteiger partial charge >= 0.3 is 6.18 Å². The predicted molar refractivity (Wildman–Crippen MR) is 107 cm³/mol. The van der Waals surface area contributed by atoms with Gasteiger partial charge in [0.15, 0.2) is 0 Å². The van der Waals surface area contributed by atoms with Gasteiger partial charge in [0.1, 0.15) is 6.07 Å². The second-order valence-electron chi connectivity index (χ2n) is 7.99. The van der Waals surface area contributed by atoms with Crippen LogP contribution in [0.1, 0.15) is 53.4 Å². The summed E-state index contributed by atoms with van der Waals surface area (Å²) in [6.07, 6.45) is -4.66. The first-order chi connectivity index (χ1) is 13.3. The second kappa shape index (κ2) is 8.12. The molecular weight excluding hydrogens is 377 g/mol. The predicted octanol–water partition coefficient (Wildman–Crippen LogP) is 6.03. The Balaban J connectivity index is 2.62. The topological polar surface area (TPSA) is 52.9 Å². The number of aryl methyl sites for hydroxylation is 2. The third-order valence-corrected chi connectivity index (χ3v) is 4.34. The highest BCUT2D eigenvalue weighted by molar-refractivity contribution is 5.98. The van der Waals surface area contributed by atoms with Crippen molar-refractivity contribution in [1.29, 1.82) is 5.26 Å². The Labute approximate surface area is 168 Å². The number of halogens is 3. The minimum absolute atomic E-state index is 0.224. The van der Waals surface area contributed by atoms with E-state index in [1.165, 1.54) is 12.1 Å². The van der Waals surface area contributed by atoms with Crippen molar-refractivity contribution in [3.8, 4) is 6.07 Å². The molecule has 3 nitrogen and oxygen atoms in total. The third kappa shape index (κ3) is 5.26. The molecule has 29 heavy (non-hydrogen) atoms. The lowest BCUT2D eigenvalue weighted by atomic mass is 9.86. The summed E-state index contributed by atoms with van der Waals surface area (Å²) in [5, 5.41) is 12.4. The Morgan fingerprint density at radius 1 is 1.00 bits per heavy atom. The molecule has 6 heteroatoms. The summed E-state index contributed by atoms with van der Waals surface area (Å²) < 4.78 is 39.9. The van der Waals surface area contributed by atoms with Crippen molar-refractivity contribution >= 4 is 11.5 Å². The van der Waals surface area contributed by atoms with Crippen LogP contribution in [0.3, 0.4) is 0 Å². The average molecular weight is 400 g/mol. The summed E-state index contributed by atoms with van der Waals surface area (Å²) in [5.41, 5.74) is 0.791. The van der Waals surface area contributed by atoms with Gasteiger partial charge in [-0.2, -0.15) is 18.4 Å². The Bertz CT molecular complexity index is 986. The highest BCUT2D eigenvalue weighted by Crippen LogP contribution is 2.34. The molecule has 0 aliphatic heterocycles. The zero-order valence-electron chi connectivity index (χ0n) is 17.0. The molecule has 2 rings (SSSR count). The second-order valence-corrected chi connectivity index (χ2v) is 7.99. The summed E-state index contributed by atoms with van der Waals surface area (Å²) in [6, 6.07) is 12.3. The fourth-order valence-corrected chi connectivity index (χ4v) is 3.12. The van der Waals surface area contributed by atoms with E-state index in [1.807, 2.05) is 32.0 Å². The van der Waals surface area contributed by atoms with Crippen LogP contribution in [0.2, 0.25) is 0 Å². The number of carbonyl (C=O) groups excluding carboxylic acids is 1. The number of carbonyl (C=O) groups is 1. The van der Waals surface area contributed by atoms with E-state index < -0.39 is 28.6 Å². The molecule has 0 aromatic heterocycles. The van der Waals surface area contributed by atoms with Crippen molar-refractivity contribution in [3.63, 3.8) is 0 Å². The van der Waals surface area contributed by atoms with Gasteiger partial charge in [0.25, 0.3) is 5.91 Å². The summed E-state index contributed by atoms with van der Waals surface area (Å²) in [6.45, 7) is 9.15. The van der Waals surface area contributed by atoms with Crippen molar-refractivity contribution < 1.29 is 18.0 Å². The van der Waals surface area contributed by atoms with E-state index in [1.54, 1.807) is 20.8 Å². The maximum Gasteiger partial charge on any atom is 0.417 e. The number of allylic oxidation sites excluding steroid dienone is 2. The van der Waals surface area contributed by atoms with E-state index in [0.29, 0.717) is 5.56 Å². The third-order valence-electron chi connectivity index (χ3n) is 4.34. The van der Waals surface area contributed by atoms with E-state index in [9.17, 15) is 23.2 Å². The van der Waals surface area contributed by atoms with Crippen molar-refractivity contribution in [2.75, 3.05) is 0 Å². The van der Waals surface area contributed by atoms with Gasteiger partial charge in [-0.15, -0.1) is 0 Å². The largest absolute Gasteiger partial charge is 0.417 e. The first-order valence-corrected chi connectivity index (χ1v) is 9.05. The Hall–Kier alpha value is -3.07. The van der Waals surface area contributed by atoms with E-state index in [-0.39, 0.29) is 11.3 Å². The van der Waals surface area contributed by atoms with E-state index in [4.69, 9.17) is 0 Å². The molecule has 1 amide bonds. The number of amides is 1. The number of rotatable bonds is 3. The molecule has 2 aromatic rings. The fraction of sp³-hybridized carbons (Fsp3) is 0.304. The van der Waals surface area contributed by atoms with Gasteiger partial charge in [0, 0.05) is 11.1 Å². The van der Waals surface area contributed by atoms with Crippen LogP contribution in [0.4, 0.5) is 13.2 Å². The van der Waals surface area contributed by atoms with Crippen LogP contribution in [0.25, 0.3) is 5.57 Å². The molecule has 0 atom stereocenters. The maximum atomic E-state index is 13.3.